The van der Waals surface area contributed by atoms with Crippen LogP contribution in [0, 0.1) is 6.92 Å². The zero-order valence-electron chi connectivity index (χ0n) is 15.2. The molecule has 0 spiro atoms. The third-order valence-corrected chi connectivity index (χ3v) is 3.96. The van der Waals surface area contributed by atoms with Crippen molar-refractivity contribution in [3.63, 3.8) is 0 Å². The lowest BCUT2D eigenvalue weighted by molar-refractivity contribution is -0.137. The molecule has 0 fully saturated rings. The van der Waals surface area contributed by atoms with E-state index in [0.717, 1.165) is 29.8 Å². The van der Waals surface area contributed by atoms with Crippen LogP contribution in [0.3, 0.4) is 0 Å². The largest absolute Gasteiger partial charge is 0.416 e. The minimum atomic E-state index is -4.46. The first-order chi connectivity index (χ1) is 13.7. The van der Waals surface area contributed by atoms with Crippen molar-refractivity contribution in [2.24, 2.45) is 0 Å². The maximum atomic E-state index is 12.6. The number of rotatable bonds is 4. The molecule has 29 heavy (non-hydrogen) atoms. The summed E-state index contributed by atoms with van der Waals surface area (Å²) in [6.45, 7) is 1.89. The van der Waals surface area contributed by atoms with Gasteiger partial charge >= 0.3 is 6.18 Å². The lowest BCUT2D eigenvalue weighted by Crippen LogP contribution is -2.18. The predicted molar refractivity (Wildman–Crippen MR) is 103 cm³/mol. The number of benzene rings is 2. The van der Waals surface area contributed by atoms with E-state index in [-0.39, 0.29) is 17.1 Å². The maximum absolute atomic E-state index is 12.6. The van der Waals surface area contributed by atoms with Gasteiger partial charge in [0, 0.05) is 11.4 Å². The Morgan fingerprint density at radius 2 is 1.34 bits per heavy atom. The molecule has 1 heterocycles. The highest BCUT2D eigenvalue weighted by atomic mass is 19.4. The first-order valence-corrected chi connectivity index (χ1v) is 8.56. The normalized spacial score (nSPS) is 11.0. The van der Waals surface area contributed by atoms with Crippen LogP contribution in [0.15, 0.2) is 66.7 Å². The Balaban J connectivity index is 1.71. The van der Waals surface area contributed by atoms with E-state index in [1.165, 1.54) is 18.2 Å². The van der Waals surface area contributed by atoms with E-state index >= 15 is 0 Å². The van der Waals surface area contributed by atoms with Crippen LogP contribution in [0.25, 0.3) is 0 Å². The number of pyridine rings is 1. The lowest BCUT2D eigenvalue weighted by atomic mass is 10.2. The SMILES string of the molecule is Cc1cccc(NC(=O)c2cccc(C(=O)Nc3ccc(C(F)(F)F)cc3)n2)c1. The summed E-state index contributed by atoms with van der Waals surface area (Å²) in [4.78, 5) is 28.8. The molecular weight excluding hydrogens is 383 g/mol. The van der Waals surface area contributed by atoms with Gasteiger partial charge in [-0.25, -0.2) is 4.98 Å². The number of nitrogens with one attached hydrogen (secondary N) is 2. The topological polar surface area (TPSA) is 71.1 Å². The van der Waals surface area contributed by atoms with Gasteiger partial charge in [-0.3, -0.25) is 9.59 Å². The van der Waals surface area contributed by atoms with E-state index < -0.39 is 23.6 Å². The quantitative estimate of drug-likeness (QED) is 0.655. The maximum Gasteiger partial charge on any atom is 0.416 e. The predicted octanol–water partition coefficient (Wildman–Crippen LogP) is 4.91. The molecule has 1 aromatic heterocycles. The number of nitrogens with zero attached hydrogens (tertiary/aromatic N) is 1. The smallest absolute Gasteiger partial charge is 0.321 e. The van der Waals surface area contributed by atoms with Gasteiger partial charge < -0.3 is 10.6 Å². The number of hydrogen-bond acceptors (Lipinski definition) is 3. The summed E-state index contributed by atoms with van der Waals surface area (Å²) in [5.74, 6) is -1.13. The van der Waals surface area contributed by atoms with Gasteiger partial charge in [-0.2, -0.15) is 13.2 Å². The van der Waals surface area contributed by atoms with E-state index in [1.54, 1.807) is 18.2 Å². The summed E-state index contributed by atoms with van der Waals surface area (Å²) in [5.41, 5.74) is 0.924. The number of aromatic nitrogens is 1. The molecule has 0 bridgehead atoms. The number of halogens is 3. The Hall–Kier alpha value is -3.68. The van der Waals surface area contributed by atoms with Crippen molar-refractivity contribution >= 4 is 23.2 Å². The summed E-state index contributed by atoms with van der Waals surface area (Å²) in [5, 5.41) is 5.16. The fraction of sp³-hybridized carbons (Fsp3) is 0.0952. The van der Waals surface area contributed by atoms with Gasteiger partial charge in [0.05, 0.1) is 5.56 Å². The van der Waals surface area contributed by atoms with Crippen molar-refractivity contribution in [2.45, 2.75) is 13.1 Å². The highest BCUT2D eigenvalue weighted by Crippen LogP contribution is 2.29. The lowest BCUT2D eigenvalue weighted by Gasteiger charge is -2.09. The molecule has 2 amide bonds. The first kappa shape index (κ1) is 20.1. The molecule has 0 unspecified atom stereocenters. The van der Waals surface area contributed by atoms with E-state index in [0.29, 0.717) is 5.69 Å². The average molecular weight is 399 g/mol. The average Bonchev–Trinajstić information content (AvgIpc) is 2.68. The van der Waals surface area contributed by atoms with Crippen molar-refractivity contribution in [1.29, 1.82) is 0 Å². The van der Waals surface area contributed by atoms with Gasteiger partial charge in [-0.15, -0.1) is 0 Å². The van der Waals surface area contributed by atoms with E-state index in [2.05, 4.69) is 15.6 Å². The summed E-state index contributed by atoms with van der Waals surface area (Å²) in [6.07, 6.45) is -4.46. The number of carbonyl (C=O) groups is 2. The van der Waals surface area contributed by atoms with Crippen LogP contribution in [0.2, 0.25) is 0 Å². The molecule has 0 saturated heterocycles. The number of carbonyl (C=O) groups excluding carboxylic acids is 2. The number of anilines is 2. The molecule has 5 nitrogen and oxygen atoms in total. The third kappa shape index (κ3) is 5.19. The highest BCUT2D eigenvalue weighted by Gasteiger charge is 2.30. The number of alkyl halides is 3. The summed E-state index contributed by atoms with van der Waals surface area (Å²) in [6, 6.07) is 15.6. The first-order valence-electron chi connectivity index (χ1n) is 8.56. The van der Waals surface area contributed by atoms with Gasteiger partial charge in [0.25, 0.3) is 11.8 Å². The summed E-state index contributed by atoms with van der Waals surface area (Å²) < 4.78 is 37.8. The molecule has 0 aliphatic rings. The van der Waals surface area contributed by atoms with Gasteiger partial charge in [0.1, 0.15) is 11.4 Å². The molecule has 0 aliphatic heterocycles. The fourth-order valence-corrected chi connectivity index (χ4v) is 2.54. The standard InChI is InChI=1S/C21H16F3N3O2/c1-13-4-2-5-16(12-13)26-20(29)18-7-3-6-17(27-18)19(28)25-15-10-8-14(9-11-15)21(22,23)24/h2-12H,1H3,(H,25,28)(H,26,29). The number of amides is 2. The monoisotopic (exact) mass is 399 g/mol. The van der Waals surface area contributed by atoms with E-state index in [9.17, 15) is 22.8 Å². The van der Waals surface area contributed by atoms with Crippen molar-refractivity contribution in [2.75, 3.05) is 10.6 Å². The Bertz CT molecular complexity index is 1050. The minimum absolute atomic E-state index is 0.0339. The highest BCUT2D eigenvalue weighted by molar-refractivity contribution is 6.06. The Kier molecular flexibility index (Phi) is 5.63. The van der Waals surface area contributed by atoms with Gasteiger partial charge in [-0.05, 0) is 61.0 Å². The molecular formula is C21H16F3N3O2. The van der Waals surface area contributed by atoms with Gasteiger partial charge in [0.2, 0.25) is 0 Å². The molecule has 2 aromatic carbocycles. The number of hydrogen-bond donors (Lipinski definition) is 2. The molecule has 8 heteroatoms. The van der Waals surface area contributed by atoms with Crippen LogP contribution in [0.1, 0.15) is 32.1 Å². The molecule has 2 N–H and O–H groups in total. The summed E-state index contributed by atoms with van der Waals surface area (Å²) in [7, 11) is 0. The second-order valence-electron chi connectivity index (χ2n) is 6.26. The number of aryl methyl sites for hydroxylation is 1. The molecule has 148 valence electrons. The van der Waals surface area contributed by atoms with Gasteiger partial charge in [-0.1, -0.05) is 18.2 Å². The van der Waals surface area contributed by atoms with E-state index in [4.69, 9.17) is 0 Å². The Morgan fingerprint density at radius 3 is 1.90 bits per heavy atom. The summed E-state index contributed by atoms with van der Waals surface area (Å²) >= 11 is 0. The van der Waals surface area contributed by atoms with Crippen molar-refractivity contribution in [3.05, 3.63) is 89.2 Å². The Morgan fingerprint density at radius 1 is 0.793 bits per heavy atom. The van der Waals surface area contributed by atoms with Crippen LogP contribution in [0.4, 0.5) is 24.5 Å². The third-order valence-electron chi connectivity index (χ3n) is 3.96. The molecule has 0 aliphatic carbocycles. The molecule has 0 radical (unpaired) electrons. The van der Waals surface area contributed by atoms with Crippen LogP contribution < -0.4 is 10.6 Å². The van der Waals surface area contributed by atoms with Crippen molar-refractivity contribution in [1.82, 2.24) is 4.98 Å². The van der Waals surface area contributed by atoms with Crippen LogP contribution in [-0.4, -0.2) is 16.8 Å². The molecule has 3 rings (SSSR count). The molecule has 0 atom stereocenters. The Labute approximate surface area is 164 Å². The molecule has 0 saturated carbocycles. The van der Waals surface area contributed by atoms with Crippen LogP contribution in [-0.2, 0) is 6.18 Å². The van der Waals surface area contributed by atoms with E-state index in [1.807, 2.05) is 13.0 Å². The van der Waals surface area contributed by atoms with Crippen LogP contribution in [0.5, 0.6) is 0 Å². The zero-order valence-corrected chi connectivity index (χ0v) is 15.2. The van der Waals surface area contributed by atoms with Crippen molar-refractivity contribution in [3.8, 4) is 0 Å². The fourth-order valence-electron chi connectivity index (χ4n) is 2.54. The zero-order chi connectivity index (χ0) is 21.0. The minimum Gasteiger partial charge on any atom is -0.321 e. The van der Waals surface area contributed by atoms with Crippen molar-refractivity contribution < 1.29 is 22.8 Å². The molecule has 3 aromatic rings. The van der Waals surface area contributed by atoms with Crippen LogP contribution >= 0.6 is 0 Å². The second-order valence-corrected chi connectivity index (χ2v) is 6.26. The van der Waals surface area contributed by atoms with Gasteiger partial charge in [0.15, 0.2) is 0 Å². The second kappa shape index (κ2) is 8.14.